The van der Waals surface area contributed by atoms with Crippen molar-refractivity contribution in [3.05, 3.63) is 89.3 Å². The molecule has 0 bridgehead atoms. The van der Waals surface area contributed by atoms with Crippen LogP contribution in [0.4, 0.5) is 4.39 Å². The second-order valence-corrected chi connectivity index (χ2v) is 7.15. The van der Waals surface area contributed by atoms with Gasteiger partial charge in [-0.1, -0.05) is 35.9 Å². The first-order valence-corrected chi connectivity index (χ1v) is 9.28. The molecule has 3 nitrogen and oxygen atoms in total. The average molecular weight is 388 g/mol. The number of halogens is 2. The zero-order chi connectivity index (χ0) is 19.3. The van der Waals surface area contributed by atoms with E-state index in [1.54, 1.807) is 12.1 Å². The maximum Gasteiger partial charge on any atom is 0.123 e. The number of hydrogen-bond donors (Lipinski definition) is 0. The van der Waals surface area contributed by atoms with Gasteiger partial charge < -0.3 is 0 Å². The first kappa shape index (κ1) is 16.9. The quantitative estimate of drug-likeness (QED) is 0.353. The predicted molar refractivity (Wildman–Crippen MR) is 112 cm³/mol. The van der Waals surface area contributed by atoms with Gasteiger partial charge in [0.2, 0.25) is 0 Å². The molecule has 0 spiro atoms. The highest BCUT2D eigenvalue weighted by molar-refractivity contribution is 6.31. The molecule has 0 saturated carbocycles. The zero-order valence-electron chi connectivity index (χ0n) is 15.0. The van der Waals surface area contributed by atoms with Crippen LogP contribution in [0.2, 0.25) is 5.02 Å². The third-order valence-corrected chi connectivity index (χ3v) is 5.34. The largest absolute Gasteiger partial charge is 0.255 e. The molecule has 0 amide bonds. The molecule has 3 aromatic carbocycles. The van der Waals surface area contributed by atoms with Crippen LogP contribution < -0.4 is 0 Å². The van der Waals surface area contributed by atoms with Crippen LogP contribution in [0.3, 0.4) is 0 Å². The van der Waals surface area contributed by atoms with Crippen LogP contribution in [0.15, 0.2) is 72.9 Å². The fourth-order valence-corrected chi connectivity index (χ4v) is 3.63. The Morgan fingerprint density at radius 3 is 2.50 bits per heavy atom. The smallest absolute Gasteiger partial charge is 0.123 e. The SMILES string of the molecule is Cc1ccc(-n2nc(-c3ccc(F)cc3)c3cnc4ccccc4c32)cc1Cl. The van der Waals surface area contributed by atoms with Gasteiger partial charge in [-0.2, -0.15) is 5.10 Å². The summed E-state index contributed by atoms with van der Waals surface area (Å²) in [5, 5.41) is 7.46. The maximum atomic E-state index is 13.4. The lowest BCUT2D eigenvalue weighted by Gasteiger charge is -2.07. The van der Waals surface area contributed by atoms with E-state index in [9.17, 15) is 4.39 Å². The summed E-state index contributed by atoms with van der Waals surface area (Å²) in [5.74, 6) is -0.277. The first-order valence-electron chi connectivity index (χ1n) is 8.91. The molecule has 0 N–H and O–H groups in total. The Kier molecular flexibility index (Phi) is 3.88. The highest BCUT2D eigenvalue weighted by Gasteiger charge is 2.17. The highest BCUT2D eigenvalue weighted by Crippen LogP contribution is 2.34. The lowest BCUT2D eigenvalue weighted by Crippen LogP contribution is -1.98. The molecular weight excluding hydrogens is 373 g/mol. The van der Waals surface area contributed by atoms with Crippen molar-refractivity contribution in [2.75, 3.05) is 0 Å². The Morgan fingerprint density at radius 1 is 0.929 bits per heavy atom. The Morgan fingerprint density at radius 2 is 1.71 bits per heavy atom. The number of fused-ring (bicyclic) bond motifs is 3. The number of aryl methyl sites for hydroxylation is 1. The van der Waals surface area contributed by atoms with Crippen molar-refractivity contribution in [3.8, 4) is 16.9 Å². The molecule has 0 atom stereocenters. The molecule has 0 aliphatic carbocycles. The molecule has 2 heterocycles. The predicted octanol–water partition coefficient (Wildman–Crippen LogP) is 6.34. The Bertz CT molecular complexity index is 1340. The number of aromatic nitrogens is 3. The van der Waals surface area contributed by atoms with E-state index in [-0.39, 0.29) is 5.82 Å². The molecule has 136 valence electrons. The number of benzene rings is 3. The van der Waals surface area contributed by atoms with Gasteiger partial charge in [0.15, 0.2) is 0 Å². The third-order valence-electron chi connectivity index (χ3n) is 4.93. The summed E-state index contributed by atoms with van der Waals surface area (Å²) >= 11 is 6.38. The van der Waals surface area contributed by atoms with Crippen molar-refractivity contribution < 1.29 is 4.39 Å². The lowest BCUT2D eigenvalue weighted by atomic mass is 10.1. The van der Waals surface area contributed by atoms with Gasteiger partial charge >= 0.3 is 0 Å². The average Bonchev–Trinajstić information content (AvgIpc) is 3.11. The van der Waals surface area contributed by atoms with E-state index >= 15 is 0 Å². The van der Waals surface area contributed by atoms with E-state index in [1.807, 2.05) is 60.3 Å². The summed E-state index contributed by atoms with van der Waals surface area (Å²) in [4.78, 5) is 4.60. The van der Waals surface area contributed by atoms with Crippen LogP contribution in [-0.2, 0) is 0 Å². The van der Waals surface area contributed by atoms with Gasteiger partial charge in [-0.25, -0.2) is 9.07 Å². The van der Waals surface area contributed by atoms with E-state index in [1.165, 1.54) is 12.1 Å². The van der Waals surface area contributed by atoms with Gasteiger partial charge in [0.05, 0.1) is 16.7 Å². The Hall–Kier alpha value is -3.24. The summed E-state index contributed by atoms with van der Waals surface area (Å²) in [7, 11) is 0. The summed E-state index contributed by atoms with van der Waals surface area (Å²) in [5.41, 5.74) is 5.30. The van der Waals surface area contributed by atoms with E-state index < -0.39 is 0 Å². The van der Waals surface area contributed by atoms with Crippen LogP contribution in [0.1, 0.15) is 5.56 Å². The standard InChI is InChI=1S/C23H15ClFN3/c1-14-6-11-17(12-20(14)24)28-23-18-4-2-3-5-21(18)26-13-19(23)22(27-28)15-7-9-16(25)10-8-15/h2-13H,1H3. The van der Waals surface area contributed by atoms with Crippen molar-refractivity contribution in [2.24, 2.45) is 0 Å². The number of nitrogens with zero attached hydrogens (tertiary/aromatic N) is 3. The molecule has 5 heteroatoms. The molecule has 0 radical (unpaired) electrons. The van der Waals surface area contributed by atoms with Crippen molar-refractivity contribution >= 4 is 33.4 Å². The molecule has 0 saturated heterocycles. The van der Waals surface area contributed by atoms with Gasteiger partial charge in [-0.05, 0) is 55.0 Å². The van der Waals surface area contributed by atoms with Crippen molar-refractivity contribution in [2.45, 2.75) is 6.92 Å². The Balaban J connectivity index is 1.89. The summed E-state index contributed by atoms with van der Waals surface area (Å²) < 4.78 is 15.3. The van der Waals surface area contributed by atoms with E-state index in [2.05, 4.69) is 4.98 Å². The van der Waals surface area contributed by atoms with Crippen LogP contribution in [0.25, 0.3) is 38.8 Å². The lowest BCUT2D eigenvalue weighted by molar-refractivity contribution is 0.628. The third kappa shape index (κ3) is 2.65. The highest BCUT2D eigenvalue weighted by atomic mass is 35.5. The van der Waals surface area contributed by atoms with E-state index in [0.29, 0.717) is 5.02 Å². The zero-order valence-corrected chi connectivity index (χ0v) is 15.8. The fourth-order valence-electron chi connectivity index (χ4n) is 3.45. The molecule has 0 unspecified atom stereocenters. The first-order chi connectivity index (χ1) is 13.6. The van der Waals surface area contributed by atoms with Gasteiger partial charge in [0.25, 0.3) is 0 Å². The number of pyridine rings is 1. The van der Waals surface area contributed by atoms with Crippen molar-refractivity contribution in [1.82, 2.24) is 14.8 Å². The maximum absolute atomic E-state index is 13.4. The van der Waals surface area contributed by atoms with Crippen molar-refractivity contribution in [1.29, 1.82) is 0 Å². The van der Waals surface area contributed by atoms with E-state index in [0.717, 1.165) is 44.3 Å². The topological polar surface area (TPSA) is 30.7 Å². The second kappa shape index (κ2) is 6.43. The Labute approximate surface area is 166 Å². The summed E-state index contributed by atoms with van der Waals surface area (Å²) in [6.45, 7) is 1.97. The van der Waals surface area contributed by atoms with Crippen LogP contribution in [-0.4, -0.2) is 14.8 Å². The minimum absolute atomic E-state index is 0.277. The molecule has 2 aromatic heterocycles. The molecule has 5 rings (SSSR count). The molecular formula is C23H15ClFN3. The number of hydrogen-bond acceptors (Lipinski definition) is 2. The molecule has 5 aromatic rings. The molecule has 28 heavy (non-hydrogen) atoms. The summed E-state index contributed by atoms with van der Waals surface area (Å²) in [6, 6.07) is 20.2. The van der Waals surface area contributed by atoms with Gasteiger partial charge in [0, 0.05) is 27.6 Å². The van der Waals surface area contributed by atoms with Crippen LogP contribution in [0.5, 0.6) is 0 Å². The number of para-hydroxylation sites is 1. The molecule has 0 aliphatic heterocycles. The normalized spacial score (nSPS) is 11.4. The van der Waals surface area contributed by atoms with Gasteiger partial charge in [0.1, 0.15) is 11.5 Å². The monoisotopic (exact) mass is 387 g/mol. The van der Waals surface area contributed by atoms with Crippen LogP contribution >= 0.6 is 11.6 Å². The molecule has 0 aliphatic rings. The fraction of sp³-hybridized carbons (Fsp3) is 0.0435. The minimum Gasteiger partial charge on any atom is -0.255 e. The van der Waals surface area contributed by atoms with E-state index in [4.69, 9.17) is 16.7 Å². The van der Waals surface area contributed by atoms with Crippen molar-refractivity contribution in [3.63, 3.8) is 0 Å². The molecule has 0 fully saturated rings. The summed E-state index contributed by atoms with van der Waals surface area (Å²) in [6.07, 6.45) is 1.83. The second-order valence-electron chi connectivity index (χ2n) is 6.74. The number of rotatable bonds is 2. The van der Waals surface area contributed by atoms with Gasteiger partial charge in [-0.15, -0.1) is 0 Å². The van der Waals surface area contributed by atoms with Crippen LogP contribution in [0, 0.1) is 12.7 Å². The van der Waals surface area contributed by atoms with Gasteiger partial charge in [-0.3, -0.25) is 4.98 Å². The minimum atomic E-state index is -0.277.